The molecule has 28 heavy (non-hydrogen) atoms. The van der Waals surface area contributed by atoms with Gasteiger partial charge in [0.25, 0.3) is 0 Å². The van der Waals surface area contributed by atoms with Gasteiger partial charge in [0.05, 0.1) is 10.5 Å². The number of benzene rings is 2. The Balaban J connectivity index is 1.97. The maximum absolute atomic E-state index is 12.9. The third kappa shape index (κ3) is 4.46. The molecule has 0 radical (unpaired) electrons. The van der Waals surface area contributed by atoms with Crippen molar-refractivity contribution in [3.8, 4) is 0 Å². The Bertz CT molecular complexity index is 1030. The smallest absolute Gasteiger partial charge is 0.334 e. The van der Waals surface area contributed by atoms with Crippen LogP contribution in [0.1, 0.15) is 5.56 Å². The summed E-state index contributed by atoms with van der Waals surface area (Å²) in [6, 6.07) is 10.7. The van der Waals surface area contributed by atoms with E-state index >= 15 is 0 Å². The van der Waals surface area contributed by atoms with Crippen molar-refractivity contribution in [3.05, 3.63) is 75.6 Å². The zero-order chi connectivity index (χ0) is 20.3. The molecule has 0 bridgehead atoms. The zero-order valence-corrected chi connectivity index (χ0v) is 14.6. The lowest BCUT2D eigenvalue weighted by Crippen LogP contribution is -2.07. The third-order valence-corrected chi connectivity index (χ3v) is 3.78. The van der Waals surface area contributed by atoms with Crippen molar-refractivity contribution in [2.24, 2.45) is 0 Å². The van der Waals surface area contributed by atoms with Crippen molar-refractivity contribution in [2.45, 2.75) is 6.18 Å². The molecule has 0 amide bonds. The topological polar surface area (TPSA) is 93.0 Å². The Kier molecular flexibility index (Phi) is 5.32. The Morgan fingerprint density at radius 3 is 2.07 bits per heavy atom. The molecule has 0 aliphatic heterocycles. The summed E-state index contributed by atoms with van der Waals surface area (Å²) in [5.41, 5.74) is -0.990. The van der Waals surface area contributed by atoms with E-state index in [1.807, 2.05) is 0 Å². The van der Waals surface area contributed by atoms with E-state index in [-0.39, 0.29) is 17.3 Å². The van der Waals surface area contributed by atoms with Gasteiger partial charge in [-0.15, -0.1) is 0 Å². The van der Waals surface area contributed by atoms with Gasteiger partial charge < -0.3 is 10.6 Å². The monoisotopic (exact) mass is 409 g/mol. The molecule has 3 aromatic rings. The molecule has 0 aliphatic carbocycles. The van der Waals surface area contributed by atoms with E-state index in [4.69, 9.17) is 11.6 Å². The van der Waals surface area contributed by atoms with Crippen LogP contribution in [0.15, 0.2) is 54.9 Å². The molecule has 144 valence electrons. The second-order valence-corrected chi connectivity index (χ2v) is 5.95. The highest BCUT2D eigenvalue weighted by atomic mass is 35.5. The molecule has 0 spiro atoms. The molecule has 11 heteroatoms. The highest BCUT2D eigenvalue weighted by Crippen LogP contribution is 2.35. The molecule has 0 saturated carbocycles. The van der Waals surface area contributed by atoms with Crippen molar-refractivity contribution < 1.29 is 18.1 Å². The van der Waals surface area contributed by atoms with Gasteiger partial charge in [0.2, 0.25) is 11.6 Å². The molecule has 3 rings (SSSR count). The number of halogens is 4. The zero-order valence-electron chi connectivity index (χ0n) is 13.9. The van der Waals surface area contributed by atoms with Crippen molar-refractivity contribution in [1.82, 2.24) is 9.97 Å². The van der Waals surface area contributed by atoms with E-state index in [9.17, 15) is 23.3 Å². The second-order valence-electron chi connectivity index (χ2n) is 5.52. The van der Waals surface area contributed by atoms with Gasteiger partial charge in [-0.3, -0.25) is 10.1 Å². The van der Waals surface area contributed by atoms with Crippen LogP contribution in [0.25, 0.3) is 0 Å². The van der Waals surface area contributed by atoms with E-state index in [0.29, 0.717) is 10.7 Å². The van der Waals surface area contributed by atoms with Gasteiger partial charge in [-0.1, -0.05) is 23.7 Å². The molecule has 0 fully saturated rings. The van der Waals surface area contributed by atoms with E-state index in [0.717, 1.165) is 18.5 Å². The fraction of sp³-hybridized carbons (Fsp3) is 0.0588. The summed E-state index contributed by atoms with van der Waals surface area (Å²) in [7, 11) is 0. The second kappa shape index (κ2) is 7.69. The lowest BCUT2D eigenvalue weighted by atomic mass is 10.2. The highest BCUT2D eigenvalue weighted by molar-refractivity contribution is 6.30. The van der Waals surface area contributed by atoms with Crippen molar-refractivity contribution >= 4 is 40.3 Å². The van der Waals surface area contributed by atoms with Crippen LogP contribution in [-0.4, -0.2) is 14.9 Å². The first-order valence-corrected chi connectivity index (χ1v) is 8.08. The minimum atomic E-state index is -4.55. The number of hydrogen-bond acceptors (Lipinski definition) is 6. The number of aromatic nitrogens is 2. The molecule has 2 aromatic carbocycles. The summed E-state index contributed by atoms with van der Waals surface area (Å²) < 4.78 is 38.6. The number of rotatable bonds is 5. The fourth-order valence-corrected chi connectivity index (χ4v) is 2.54. The quantitative estimate of drug-likeness (QED) is 0.424. The van der Waals surface area contributed by atoms with Crippen molar-refractivity contribution in [3.63, 3.8) is 0 Å². The Hall–Kier alpha value is -3.40. The van der Waals surface area contributed by atoms with Crippen LogP contribution in [0.3, 0.4) is 0 Å². The highest BCUT2D eigenvalue weighted by Gasteiger charge is 2.31. The summed E-state index contributed by atoms with van der Waals surface area (Å²) in [5.74, 6) is -0.402. The largest absolute Gasteiger partial charge is 0.416 e. The Morgan fingerprint density at radius 1 is 0.964 bits per heavy atom. The normalized spacial score (nSPS) is 11.1. The number of hydrogen-bond donors (Lipinski definition) is 2. The van der Waals surface area contributed by atoms with Crippen LogP contribution in [0, 0.1) is 10.1 Å². The maximum atomic E-state index is 12.9. The summed E-state index contributed by atoms with van der Waals surface area (Å²) >= 11 is 5.89. The van der Waals surface area contributed by atoms with Gasteiger partial charge in [0, 0.05) is 16.4 Å². The predicted octanol–water partition coefficient (Wildman–Crippen LogP) is 5.54. The fourth-order valence-electron chi connectivity index (χ4n) is 2.35. The van der Waals surface area contributed by atoms with Crippen molar-refractivity contribution in [1.29, 1.82) is 0 Å². The molecular weight excluding hydrogens is 399 g/mol. The molecule has 0 atom stereocenters. The minimum Gasteiger partial charge on any atom is -0.334 e. The molecule has 0 aliphatic rings. The van der Waals surface area contributed by atoms with E-state index in [2.05, 4.69) is 20.6 Å². The van der Waals surface area contributed by atoms with Crippen molar-refractivity contribution in [2.75, 3.05) is 10.6 Å². The number of nitrogens with one attached hydrogen (secondary N) is 2. The molecule has 2 N–H and O–H groups in total. The summed E-state index contributed by atoms with van der Waals surface area (Å²) in [4.78, 5) is 18.5. The Labute approximate surface area is 161 Å². The standard InChI is InChI=1S/C17H11ClF3N5O2/c18-11-4-2-6-13(8-11)25-16-14(26(27)28)15(22-9-23-16)24-12-5-1-3-10(7-12)17(19,20)21/h1-9H,(H2,22,23,24,25). The van der Waals surface area contributed by atoms with Crippen LogP contribution < -0.4 is 10.6 Å². The van der Waals surface area contributed by atoms with Gasteiger partial charge in [-0.05, 0) is 36.4 Å². The van der Waals surface area contributed by atoms with Gasteiger partial charge in [0.15, 0.2) is 0 Å². The molecule has 7 nitrogen and oxygen atoms in total. The van der Waals surface area contributed by atoms with Crippen LogP contribution >= 0.6 is 11.6 Å². The molecule has 1 heterocycles. The van der Waals surface area contributed by atoms with E-state index < -0.39 is 22.4 Å². The SMILES string of the molecule is O=[N+]([O-])c1c(Nc2cccc(Cl)c2)ncnc1Nc1cccc(C(F)(F)F)c1. The molecular formula is C17H11ClF3N5O2. The number of nitro groups is 1. The van der Waals surface area contributed by atoms with Crippen LogP contribution in [-0.2, 0) is 6.18 Å². The summed E-state index contributed by atoms with van der Waals surface area (Å²) in [6.45, 7) is 0. The van der Waals surface area contributed by atoms with E-state index in [1.165, 1.54) is 18.2 Å². The van der Waals surface area contributed by atoms with Gasteiger partial charge in [0.1, 0.15) is 6.33 Å². The van der Waals surface area contributed by atoms with Gasteiger partial charge >= 0.3 is 11.9 Å². The van der Waals surface area contributed by atoms with Crippen LogP contribution in [0.2, 0.25) is 5.02 Å². The number of nitrogens with zero attached hydrogens (tertiary/aromatic N) is 3. The first kappa shape index (κ1) is 19.4. The predicted molar refractivity (Wildman–Crippen MR) is 98.1 cm³/mol. The third-order valence-electron chi connectivity index (χ3n) is 3.54. The average Bonchev–Trinajstić information content (AvgIpc) is 2.61. The van der Waals surface area contributed by atoms with Crippen LogP contribution in [0.5, 0.6) is 0 Å². The van der Waals surface area contributed by atoms with Gasteiger partial charge in [-0.25, -0.2) is 9.97 Å². The Morgan fingerprint density at radius 2 is 1.54 bits per heavy atom. The average molecular weight is 410 g/mol. The lowest BCUT2D eigenvalue weighted by molar-refractivity contribution is -0.383. The number of anilines is 4. The maximum Gasteiger partial charge on any atom is 0.416 e. The first-order chi connectivity index (χ1) is 13.2. The van der Waals surface area contributed by atoms with E-state index in [1.54, 1.807) is 18.2 Å². The lowest BCUT2D eigenvalue weighted by Gasteiger charge is -2.12. The molecule has 0 saturated heterocycles. The van der Waals surface area contributed by atoms with Crippen LogP contribution in [0.4, 0.5) is 41.9 Å². The number of alkyl halides is 3. The van der Waals surface area contributed by atoms with Gasteiger partial charge in [-0.2, -0.15) is 13.2 Å². The summed E-state index contributed by atoms with van der Waals surface area (Å²) in [5, 5.41) is 17.3. The molecule has 0 unspecified atom stereocenters. The first-order valence-electron chi connectivity index (χ1n) is 7.70. The summed E-state index contributed by atoms with van der Waals surface area (Å²) in [6.07, 6.45) is -3.50. The molecule has 1 aromatic heterocycles. The minimum absolute atomic E-state index is 0.00895.